The lowest BCUT2D eigenvalue weighted by atomic mass is 9.96. The second-order valence-corrected chi connectivity index (χ2v) is 10.0. The highest BCUT2D eigenvalue weighted by Crippen LogP contribution is 2.43. The van der Waals surface area contributed by atoms with Gasteiger partial charge in [-0.3, -0.25) is 9.88 Å². The molecule has 6 nitrogen and oxygen atoms in total. The Hall–Kier alpha value is -2.74. The molecule has 1 N–H and O–H groups in total. The van der Waals surface area contributed by atoms with Crippen LogP contribution < -0.4 is 10.2 Å². The summed E-state index contributed by atoms with van der Waals surface area (Å²) in [6.07, 6.45) is 2.99. The highest BCUT2D eigenvalue weighted by atomic mass is 32.1. The van der Waals surface area contributed by atoms with Gasteiger partial charge in [-0.15, -0.1) is 0 Å². The first-order chi connectivity index (χ1) is 17.0. The van der Waals surface area contributed by atoms with Gasteiger partial charge in [0.25, 0.3) is 0 Å². The van der Waals surface area contributed by atoms with Gasteiger partial charge < -0.3 is 19.5 Å². The third kappa shape index (κ3) is 4.99. The van der Waals surface area contributed by atoms with Crippen molar-refractivity contribution in [3.8, 4) is 0 Å². The topological polar surface area (TPSA) is 45.6 Å². The van der Waals surface area contributed by atoms with E-state index in [0.717, 1.165) is 62.3 Å². The number of hydrogen-bond donors (Lipinski definition) is 1. The van der Waals surface area contributed by atoms with Crippen LogP contribution in [0.15, 0.2) is 54.7 Å². The molecular weight excluding hydrogens is 454 g/mol. The second-order valence-electron chi connectivity index (χ2n) is 9.62. The van der Waals surface area contributed by atoms with Crippen molar-refractivity contribution in [2.45, 2.75) is 45.8 Å². The Morgan fingerprint density at radius 1 is 1.03 bits per heavy atom. The van der Waals surface area contributed by atoms with Crippen molar-refractivity contribution in [1.82, 2.24) is 19.8 Å². The largest absolute Gasteiger partial charge is 0.379 e. The predicted octanol–water partition coefficient (Wildman–Crippen LogP) is 4.71. The van der Waals surface area contributed by atoms with E-state index in [1.54, 1.807) is 0 Å². The fourth-order valence-corrected chi connectivity index (χ4v) is 5.82. The molecular formula is C28H35N5OS. The number of hydrogen-bond acceptors (Lipinski definition) is 4. The summed E-state index contributed by atoms with van der Waals surface area (Å²) in [7, 11) is 0. The van der Waals surface area contributed by atoms with Crippen molar-refractivity contribution in [3.05, 3.63) is 82.9 Å². The van der Waals surface area contributed by atoms with Gasteiger partial charge in [-0.2, -0.15) is 0 Å². The molecule has 0 unspecified atom stereocenters. The van der Waals surface area contributed by atoms with Crippen molar-refractivity contribution in [2.75, 3.05) is 37.7 Å². The highest BCUT2D eigenvalue weighted by Gasteiger charge is 2.42. The third-order valence-corrected chi connectivity index (χ3v) is 7.58. The molecule has 0 aliphatic carbocycles. The maximum atomic E-state index is 5.91. The number of nitrogens with one attached hydrogen (secondary N) is 1. The van der Waals surface area contributed by atoms with Crippen LogP contribution in [0.4, 0.5) is 5.69 Å². The van der Waals surface area contributed by atoms with E-state index in [9.17, 15) is 0 Å². The lowest BCUT2D eigenvalue weighted by Gasteiger charge is -2.28. The number of pyridine rings is 1. The second kappa shape index (κ2) is 10.5. The van der Waals surface area contributed by atoms with Crippen molar-refractivity contribution in [2.24, 2.45) is 0 Å². The van der Waals surface area contributed by atoms with E-state index in [-0.39, 0.29) is 12.1 Å². The molecule has 1 aromatic carbocycles. The average molecular weight is 490 g/mol. The quantitative estimate of drug-likeness (QED) is 0.485. The summed E-state index contributed by atoms with van der Waals surface area (Å²) in [6.45, 7) is 12.5. The van der Waals surface area contributed by atoms with Crippen LogP contribution in [0.5, 0.6) is 0 Å². The van der Waals surface area contributed by atoms with Gasteiger partial charge in [0, 0.05) is 49.5 Å². The van der Waals surface area contributed by atoms with Gasteiger partial charge in [-0.25, -0.2) is 0 Å². The molecule has 7 heteroatoms. The predicted molar refractivity (Wildman–Crippen MR) is 145 cm³/mol. The summed E-state index contributed by atoms with van der Waals surface area (Å²) in [4.78, 5) is 9.49. The van der Waals surface area contributed by atoms with Crippen molar-refractivity contribution in [3.63, 3.8) is 0 Å². The van der Waals surface area contributed by atoms with Crippen molar-refractivity contribution >= 4 is 23.0 Å². The summed E-state index contributed by atoms with van der Waals surface area (Å²) < 4.78 is 7.97. The Kier molecular flexibility index (Phi) is 7.18. The molecule has 0 bridgehead atoms. The molecule has 0 spiro atoms. The van der Waals surface area contributed by atoms with E-state index in [2.05, 4.69) is 76.9 Å². The van der Waals surface area contributed by atoms with E-state index in [0.29, 0.717) is 0 Å². The van der Waals surface area contributed by atoms with Crippen LogP contribution in [0.2, 0.25) is 0 Å². The van der Waals surface area contributed by atoms with Gasteiger partial charge >= 0.3 is 0 Å². The molecule has 35 heavy (non-hydrogen) atoms. The number of rotatable bonds is 7. The lowest BCUT2D eigenvalue weighted by molar-refractivity contribution is 0.0369. The van der Waals surface area contributed by atoms with Crippen LogP contribution >= 0.6 is 12.2 Å². The minimum atomic E-state index is -0.0217. The maximum Gasteiger partial charge on any atom is 0.174 e. The Balaban J connectivity index is 1.47. The molecule has 0 saturated carbocycles. The number of ether oxygens (including phenoxy) is 1. The molecule has 5 rings (SSSR count). The summed E-state index contributed by atoms with van der Waals surface area (Å²) >= 11 is 5.91. The maximum absolute atomic E-state index is 5.91. The van der Waals surface area contributed by atoms with Crippen LogP contribution in [-0.2, 0) is 11.3 Å². The Labute approximate surface area is 213 Å². The Morgan fingerprint density at radius 3 is 2.60 bits per heavy atom. The van der Waals surface area contributed by atoms with Crippen LogP contribution in [0.25, 0.3) is 0 Å². The Morgan fingerprint density at radius 2 is 1.86 bits per heavy atom. The smallest absolute Gasteiger partial charge is 0.174 e. The number of aromatic nitrogens is 2. The molecule has 184 valence electrons. The minimum Gasteiger partial charge on any atom is -0.379 e. The number of benzene rings is 1. The van der Waals surface area contributed by atoms with Gasteiger partial charge in [-0.05, 0) is 80.9 Å². The SMILES string of the molecule is Cc1cccc(N2C(=S)N[C@@H](c3ccccn3)[C@@H]2c2cc(C)n(CCCN3CCOCC3)c2C)c1. The van der Waals surface area contributed by atoms with E-state index >= 15 is 0 Å². The van der Waals surface area contributed by atoms with Gasteiger partial charge in [0.1, 0.15) is 0 Å². The number of thiocarbonyl (C=S) groups is 1. The molecule has 0 radical (unpaired) electrons. The molecule has 3 aromatic rings. The first-order valence-electron chi connectivity index (χ1n) is 12.6. The number of anilines is 1. The fraction of sp³-hybridized carbons (Fsp3) is 0.429. The molecule has 2 aromatic heterocycles. The molecule has 0 amide bonds. The standard InChI is InChI=1S/C28H35N5OS/c1-20-8-6-9-23(18-20)33-27(26(30-28(33)35)25-10-4-5-11-29-25)24-19-21(2)32(22(24)3)13-7-12-31-14-16-34-17-15-31/h4-6,8-11,18-19,26-27H,7,12-17H2,1-3H3,(H,30,35)/t26-,27-/m0/s1. The van der Waals surface area contributed by atoms with Gasteiger partial charge in [0.15, 0.2) is 5.11 Å². The zero-order valence-corrected chi connectivity index (χ0v) is 21.7. The minimum absolute atomic E-state index is 0.0217. The zero-order chi connectivity index (χ0) is 24.4. The number of morpholine rings is 1. The molecule has 2 atom stereocenters. The van der Waals surface area contributed by atoms with E-state index in [1.165, 1.54) is 22.5 Å². The van der Waals surface area contributed by atoms with Gasteiger partial charge in [0.05, 0.1) is 31.0 Å². The number of nitrogens with zero attached hydrogens (tertiary/aromatic N) is 4. The fourth-order valence-electron chi connectivity index (χ4n) is 5.48. The Bertz CT molecular complexity index is 1170. The molecule has 2 aliphatic rings. The normalized spacial score (nSPS) is 20.9. The summed E-state index contributed by atoms with van der Waals surface area (Å²) in [5.74, 6) is 0. The highest BCUT2D eigenvalue weighted by molar-refractivity contribution is 7.80. The molecule has 2 aliphatic heterocycles. The monoisotopic (exact) mass is 489 g/mol. The van der Waals surface area contributed by atoms with Gasteiger partial charge in [-0.1, -0.05) is 18.2 Å². The van der Waals surface area contributed by atoms with Crippen LogP contribution in [0.1, 0.15) is 46.7 Å². The molecule has 2 fully saturated rings. The van der Waals surface area contributed by atoms with E-state index in [4.69, 9.17) is 21.9 Å². The van der Waals surface area contributed by atoms with E-state index < -0.39 is 0 Å². The summed E-state index contributed by atoms with van der Waals surface area (Å²) in [5, 5.41) is 4.34. The first-order valence-corrected chi connectivity index (χ1v) is 13.0. The number of aryl methyl sites for hydroxylation is 2. The van der Waals surface area contributed by atoms with Crippen LogP contribution in [0, 0.1) is 20.8 Å². The van der Waals surface area contributed by atoms with Crippen molar-refractivity contribution < 1.29 is 4.74 Å². The lowest BCUT2D eigenvalue weighted by Crippen LogP contribution is -2.37. The summed E-state index contributed by atoms with van der Waals surface area (Å²) in [5.41, 5.74) is 7.24. The average Bonchev–Trinajstić information content (AvgIpc) is 3.36. The molecule has 2 saturated heterocycles. The van der Waals surface area contributed by atoms with Crippen molar-refractivity contribution in [1.29, 1.82) is 0 Å². The first kappa shape index (κ1) is 24.0. The van der Waals surface area contributed by atoms with Crippen LogP contribution in [0.3, 0.4) is 0 Å². The van der Waals surface area contributed by atoms with E-state index in [1.807, 2.05) is 18.3 Å². The third-order valence-electron chi connectivity index (χ3n) is 7.27. The van der Waals surface area contributed by atoms with Crippen LogP contribution in [-0.4, -0.2) is 52.4 Å². The zero-order valence-electron chi connectivity index (χ0n) is 20.9. The summed E-state index contributed by atoms with van der Waals surface area (Å²) in [6, 6.07) is 17.1. The molecule has 4 heterocycles. The van der Waals surface area contributed by atoms with Gasteiger partial charge in [0.2, 0.25) is 0 Å².